The van der Waals surface area contributed by atoms with Gasteiger partial charge in [0.05, 0.1) is 18.6 Å². The first kappa shape index (κ1) is 15.5. The normalized spacial score (nSPS) is 30.6. The summed E-state index contributed by atoms with van der Waals surface area (Å²) < 4.78 is 4.87. The molecular formula is C15H28O3. The Labute approximate surface area is 111 Å². The quantitative estimate of drug-likeness (QED) is 0.786. The molecule has 106 valence electrons. The van der Waals surface area contributed by atoms with Gasteiger partial charge in [-0.1, -0.05) is 27.7 Å². The van der Waals surface area contributed by atoms with Crippen LogP contribution in [0.1, 0.15) is 53.4 Å². The van der Waals surface area contributed by atoms with Crippen molar-refractivity contribution in [3.8, 4) is 0 Å². The van der Waals surface area contributed by atoms with Crippen molar-refractivity contribution in [1.29, 1.82) is 0 Å². The van der Waals surface area contributed by atoms with E-state index in [1.54, 1.807) is 0 Å². The van der Waals surface area contributed by atoms with Crippen LogP contribution in [0.2, 0.25) is 0 Å². The van der Waals surface area contributed by atoms with Gasteiger partial charge in [0.1, 0.15) is 0 Å². The third-order valence-corrected chi connectivity index (χ3v) is 4.54. The second kappa shape index (κ2) is 6.05. The van der Waals surface area contributed by atoms with Gasteiger partial charge >= 0.3 is 5.97 Å². The molecule has 0 saturated heterocycles. The number of carbonyl (C=O) groups is 1. The molecule has 0 aromatic rings. The topological polar surface area (TPSA) is 46.5 Å². The highest BCUT2D eigenvalue weighted by Crippen LogP contribution is 2.42. The maximum absolute atomic E-state index is 11.9. The summed E-state index contributed by atoms with van der Waals surface area (Å²) in [5.41, 5.74) is -0.868. The van der Waals surface area contributed by atoms with Gasteiger partial charge in [-0.25, -0.2) is 0 Å². The highest BCUT2D eigenvalue weighted by molar-refractivity contribution is 5.74. The van der Waals surface area contributed by atoms with Crippen LogP contribution in [0.3, 0.4) is 0 Å². The molecule has 1 atom stereocenters. The molecule has 0 aromatic heterocycles. The fourth-order valence-corrected chi connectivity index (χ4v) is 3.36. The van der Waals surface area contributed by atoms with Crippen LogP contribution in [0, 0.1) is 23.7 Å². The monoisotopic (exact) mass is 256 g/mol. The van der Waals surface area contributed by atoms with Crippen molar-refractivity contribution in [1.82, 2.24) is 0 Å². The van der Waals surface area contributed by atoms with Crippen LogP contribution in [0.4, 0.5) is 0 Å². The van der Waals surface area contributed by atoms with E-state index in [2.05, 4.69) is 13.8 Å². The van der Waals surface area contributed by atoms with Crippen molar-refractivity contribution in [3.63, 3.8) is 0 Å². The van der Waals surface area contributed by atoms with Gasteiger partial charge in [-0.2, -0.15) is 0 Å². The molecule has 0 radical (unpaired) electrons. The standard InChI is InChI=1S/C15H28O3/c1-10(2)12-6-8-15(17,9-7-12)13(11(3)4)14(16)18-5/h10-13,17H,6-9H2,1-5H3. The van der Waals surface area contributed by atoms with Crippen LogP contribution in [0.25, 0.3) is 0 Å². The number of aliphatic hydroxyl groups is 1. The molecule has 18 heavy (non-hydrogen) atoms. The average molecular weight is 256 g/mol. The van der Waals surface area contributed by atoms with Gasteiger partial charge in [0.15, 0.2) is 0 Å². The first-order valence-electron chi connectivity index (χ1n) is 7.12. The van der Waals surface area contributed by atoms with Crippen LogP contribution in [-0.2, 0) is 9.53 Å². The first-order chi connectivity index (χ1) is 8.31. The largest absolute Gasteiger partial charge is 0.469 e. The molecule has 1 rings (SSSR count). The maximum Gasteiger partial charge on any atom is 0.311 e. The zero-order valence-electron chi connectivity index (χ0n) is 12.4. The number of rotatable bonds is 4. The van der Waals surface area contributed by atoms with Crippen LogP contribution in [0.15, 0.2) is 0 Å². The van der Waals surface area contributed by atoms with E-state index in [1.807, 2.05) is 13.8 Å². The summed E-state index contributed by atoms with van der Waals surface area (Å²) in [6.07, 6.45) is 3.45. The van der Waals surface area contributed by atoms with E-state index in [0.29, 0.717) is 24.7 Å². The van der Waals surface area contributed by atoms with Crippen molar-refractivity contribution in [3.05, 3.63) is 0 Å². The number of carbonyl (C=O) groups excluding carboxylic acids is 1. The molecule has 1 unspecified atom stereocenters. The molecule has 1 fully saturated rings. The van der Waals surface area contributed by atoms with Crippen molar-refractivity contribution in [2.24, 2.45) is 23.7 Å². The van der Waals surface area contributed by atoms with E-state index < -0.39 is 11.5 Å². The summed E-state index contributed by atoms with van der Waals surface area (Å²) in [5.74, 6) is 0.782. The molecule has 3 heteroatoms. The summed E-state index contributed by atoms with van der Waals surface area (Å²) in [5, 5.41) is 10.8. The maximum atomic E-state index is 11.9. The number of ether oxygens (including phenoxy) is 1. The molecular weight excluding hydrogens is 228 g/mol. The van der Waals surface area contributed by atoms with Gasteiger partial charge in [0.25, 0.3) is 0 Å². The Hall–Kier alpha value is -0.570. The van der Waals surface area contributed by atoms with E-state index >= 15 is 0 Å². The van der Waals surface area contributed by atoms with Gasteiger partial charge in [0.2, 0.25) is 0 Å². The summed E-state index contributed by atoms with van der Waals surface area (Å²) in [7, 11) is 1.40. The second-order valence-electron chi connectivity index (χ2n) is 6.43. The SMILES string of the molecule is COC(=O)C(C(C)C)C1(O)CCC(C(C)C)CC1. The van der Waals surface area contributed by atoms with Crippen molar-refractivity contribution >= 4 is 5.97 Å². The summed E-state index contributed by atoms with van der Waals surface area (Å²) in [4.78, 5) is 11.9. The minimum Gasteiger partial charge on any atom is -0.469 e. The van der Waals surface area contributed by atoms with Crippen molar-refractivity contribution in [2.45, 2.75) is 59.0 Å². The molecule has 0 aromatic carbocycles. The average Bonchev–Trinajstić information content (AvgIpc) is 2.28. The first-order valence-corrected chi connectivity index (χ1v) is 7.12. The molecule has 0 heterocycles. The van der Waals surface area contributed by atoms with Crippen LogP contribution in [0.5, 0.6) is 0 Å². The summed E-state index contributed by atoms with van der Waals surface area (Å²) in [6.45, 7) is 8.42. The minimum atomic E-state index is -0.868. The Morgan fingerprint density at radius 1 is 1.22 bits per heavy atom. The van der Waals surface area contributed by atoms with E-state index in [9.17, 15) is 9.90 Å². The van der Waals surface area contributed by atoms with Crippen LogP contribution >= 0.6 is 0 Å². The zero-order chi connectivity index (χ0) is 13.9. The smallest absolute Gasteiger partial charge is 0.311 e. The highest BCUT2D eigenvalue weighted by atomic mass is 16.5. The highest BCUT2D eigenvalue weighted by Gasteiger charge is 2.46. The third kappa shape index (κ3) is 3.25. The van der Waals surface area contributed by atoms with Crippen molar-refractivity contribution in [2.75, 3.05) is 7.11 Å². The lowest BCUT2D eigenvalue weighted by molar-refractivity contribution is -0.163. The molecule has 0 aliphatic heterocycles. The van der Waals surface area contributed by atoms with Gasteiger partial charge < -0.3 is 9.84 Å². The molecule has 1 saturated carbocycles. The number of hydrogen-bond acceptors (Lipinski definition) is 3. The predicted octanol–water partition coefficient (Wildman–Crippen LogP) is 3.01. The van der Waals surface area contributed by atoms with Gasteiger partial charge in [0, 0.05) is 0 Å². The van der Waals surface area contributed by atoms with Gasteiger partial charge in [-0.05, 0) is 43.4 Å². The predicted molar refractivity (Wildman–Crippen MR) is 72.1 cm³/mol. The molecule has 1 aliphatic carbocycles. The molecule has 3 nitrogen and oxygen atoms in total. The third-order valence-electron chi connectivity index (χ3n) is 4.54. The van der Waals surface area contributed by atoms with Gasteiger partial charge in [-0.3, -0.25) is 4.79 Å². The van der Waals surface area contributed by atoms with E-state index in [0.717, 1.165) is 12.8 Å². The van der Waals surface area contributed by atoms with Crippen LogP contribution in [-0.4, -0.2) is 23.8 Å². The second-order valence-corrected chi connectivity index (χ2v) is 6.43. The lowest BCUT2D eigenvalue weighted by atomic mass is 9.67. The summed E-state index contributed by atoms with van der Waals surface area (Å²) >= 11 is 0. The van der Waals surface area contributed by atoms with E-state index in [-0.39, 0.29) is 11.9 Å². The molecule has 0 amide bonds. The summed E-state index contributed by atoms with van der Waals surface area (Å²) in [6, 6.07) is 0. The van der Waals surface area contributed by atoms with Crippen molar-refractivity contribution < 1.29 is 14.6 Å². The minimum absolute atomic E-state index is 0.109. The Morgan fingerprint density at radius 3 is 2.06 bits per heavy atom. The molecule has 1 aliphatic rings. The zero-order valence-corrected chi connectivity index (χ0v) is 12.4. The Kier molecular flexibility index (Phi) is 5.20. The lowest BCUT2D eigenvalue weighted by Gasteiger charge is -2.42. The van der Waals surface area contributed by atoms with E-state index in [4.69, 9.17) is 4.74 Å². The fourth-order valence-electron chi connectivity index (χ4n) is 3.36. The number of methoxy groups -OCH3 is 1. The Morgan fingerprint density at radius 2 is 1.72 bits per heavy atom. The number of hydrogen-bond donors (Lipinski definition) is 1. The molecule has 0 bridgehead atoms. The Bertz CT molecular complexity index is 275. The fraction of sp³-hybridized carbons (Fsp3) is 0.933. The molecule has 0 spiro atoms. The van der Waals surface area contributed by atoms with Crippen LogP contribution < -0.4 is 0 Å². The van der Waals surface area contributed by atoms with Gasteiger partial charge in [-0.15, -0.1) is 0 Å². The Balaban J connectivity index is 2.77. The number of esters is 1. The molecule has 1 N–H and O–H groups in total. The lowest BCUT2D eigenvalue weighted by Crippen LogP contribution is -2.48. The van der Waals surface area contributed by atoms with E-state index in [1.165, 1.54) is 7.11 Å².